The lowest BCUT2D eigenvalue weighted by Gasteiger charge is -2.28. The first kappa shape index (κ1) is 23.7. The van der Waals surface area contributed by atoms with Crippen LogP contribution in [0.25, 0.3) is 17.2 Å². The second-order valence-corrected chi connectivity index (χ2v) is 9.19. The van der Waals surface area contributed by atoms with Crippen LogP contribution in [0.2, 0.25) is 0 Å². The zero-order chi connectivity index (χ0) is 21.9. The van der Waals surface area contributed by atoms with E-state index in [9.17, 15) is 8.78 Å². The van der Waals surface area contributed by atoms with Crippen LogP contribution in [-0.4, -0.2) is 5.92 Å². The molecule has 0 N–H and O–H groups in total. The van der Waals surface area contributed by atoms with Crippen molar-refractivity contribution in [3.05, 3.63) is 65.7 Å². The summed E-state index contributed by atoms with van der Waals surface area (Å²) in [5.41, 5.74) is 4.82. The highest BCUT2D eigenvalue weighted by atomic mass is 19.3. The summed E-state index contributed by atoms with van der Waals surface area (Å²) in [4.78, 5) is 0. The molecule has 0 nitrogen and oxygen atoms in total. The van der Waals surface area contributed by atoms with Crippen molar-refractivity contribution in [1.82, 2.24) is 0 Å². The number of benzene rings is 2. The average molecular weight is 425 g/mol. The van der Waals surface area contributed by atoms with Crippen molar-refractivity contribution in [3.63, 3.8) is 0 Å². The van der Waals surface area contributed by atoms with Crippen molar-refractivity contribution in [3.8, 4) is 11.1 Å². The van der Waals surface area contributed by atoms with Gasteiger partial charge in [0.25, 0.3) is 0 Å². The lowest BCUT2D eigenvalue weighted by atomic mass is 9.82. The Bertz CT molecular complexity index is 776. The Morgan fingerprint density at radius 1 is 0.774 bits per heavy atom. The third-order valence-electron chi connectivity index (χ3n) is 6.63. The van der Waals surface area contributed by atoms with E-state index in [1.54, 1.807) is 0 Å². The van der Waals surface area contributed by atoms with Gasteiger partial charge in [0, 0.05) is 12.8 Å². The highest BCUT2D eigenvalue weighted by Gasteiger charge is 2.35. The lowest BCUT2D eigenvalue weighted by Crippen LogP contribution is -2.23. The van der Waals surface area contributed by atoms with E-state index >= 15 is 0 Å². The topological polar surface area (TPSA) is 0 Å². The minimum atomic E-state index is -2.46. The molecule has 0 aromatic heterocycles. The van der Waals surface area contributed by atoms with Crippen LogP contribution < -0.4 is 0 Å². The Hall–Kier alpha value is -1.96. The molecule has 0 radical (unpaired) electrons. The lowest BCUT2D eigenvalue weighted by molar-refractivity contribution is -0.0382. The van der Waals surface area contributed by atoms with Crippen LogP contribution in [0.15, 0.2) is 54.6 Å². The molecule has 0 spiro atoms. The monoisotopic (exact) mass is 424 g/mol. The van der Waals surface area contributed by atoms with E-state index in [1.165, 1.54) is 67.2 Å². The number of hydrogen-bond donors (Lipinski definition) is 0. The summed E-state index contributed by atoms with van der Waals surface area (Å²) in [7, 11) is 0. The molecule has 3 rings (SSSR count). The molecule has 1 aliphatic carbocycles. The third kappa shape index (κ3) is 7.91. The average Bonchev–Trinajstić information content (AvgIpc) is 2.79. The van der Waals surface area contributed by atoms with Gasteiger partial charge in [-0.05, 0) is 53.9 Å². The van der Waals surface area contributed by atoms with Crippen LogP contribution in [0.5, 0.6) is 0 Å². The van der Waals surface area contributed by atoms with Crippen LogP contribution >= 0.6 is 0 Å². The minimum Gasteiger partial charge on any atom is -0.207 e. The highest BCUT2D eigenvalue weighted by molar-refractivity contribution is 5.66. The molecule has 0 saturated heterocycles. The van der Waals surface area contributed by atoms with Crippen molar-refractivity contribution in [2.24, 2.45) is 0 Å². The standard InChI is InChI=1S/C29H38F2/c1-2-3-4-5-6-7-8-9-10-11-24-12-14-25(15-13-24)26-16-18-27(19-17-26)28-20-22-29(30,31)23-21-28/h10-19,28H,2-9,20-23H2,1H3. The van der Waals surface area contributed by atoms with Crippen molar-refractivity contribution in [2.75, 3.05) is 0 Å². The van der Waals surface area contributed by atoms with Crippen LogP contribution in [0.3, 0.4) is 0 Å². The maximum Gasteiger partial charge on any atom is 0.248 e. The molecule has 2 heteroatoms. The predicted molar refractivity (Wildman–Crippen MR) is 130 cm³/mol. The zero-order valence-corrected chi connectivity index (χ0v) is 19.1. The van der Waals surface area contributed by atoms with Gasteiger partial charge in [-0.15, -0.1) is 0 Å². The van der Waals surface area contributed by atoms with Crippen LogP contribution in [0.1, 0.15) is 101 Å². The van der Waals surface area contributed by atoms with E-state index in [0.717, 1.165) is 6.42 Å². The van der Waals surface area contributed by atoms with Crippen molar-refractivity contribution >= 4 is 6.08 Å². The quantitative estimate of drug-likeness (QED) is 0.315. The van der Waals surface area contributed by atoms with Gasteiger partial charge in [0.15, 0.2) is 0 Å². The molecule has 0 unspecified atom stereocenters. The van der Waals surface area contributed by atoms with E-state index in [2.05, 4.69) is 67.6 Å². The number of alkyl halides is 2. The van der Waals surface area contributed by atoms with Gasteiger partial charge in [-0.2, -0.15) is 0 Å². The highest BCUT2D eigenvalue weighted by Crippen LogP contribution is 2.41. The van der Waals surface area contributed by atoms with Crippen LogP contribution in [-0.2, 0) is 0 Å². The van der Waals surface area contributed by atoms with Crippen molar-refractivity contribution in [2.45, 2.75) is 95.8 Å². The fourth-order valence-corrected chi connectivity index (χ4v) is 4.55. The van der Waals surface area contributed by atoms with Gasteiger partial charge in [0.2, 0.25) is 5.92 Å². The molecular weight excluding hydrogens is 386 g/mol. The molecule has 1 fully saturated rings. The first-order valence-corrected chi connectivity index (χ1v) is 12.3. The molecule has 1 saturated carbocycles. The molecule has 0 heterocycles. The second kappa shape index (κ2) is 12.2. The molecule has 0 amide bonds. The molecule has 0 bridgehead atoms. The molecular formula is C29H38F2. The molecule has 2 aromatic carbocycles. The van der Waals surface area contributed by atoms with Crippen LogP contribution in [0, 0.1) is 0 Å². The molecule has 168 valence electrons. The maximum absolute atomic E-state index is 13.4. The van der Waals surface area contributed by atoms with Gasteiger partial charge in [0.05, 0.1) is 0 Å². The van der Waals surface area contributed by atoms with Crippen LogP contribution in [0.4, 0.5) is 8.78 Å². The molecule has 0 aliphatic heterocycles. The van der Waals surface area contributed by atoms with E-state index in [-0.39, 0.29) is 18.8 Å². The summed E-state index contributed by atoms with van der Waals surface area (Å²) in [5, 5.41) is 0. The SMILES string of the molecule is CCCCCCCCCC=Cc1ccc(-c2ccc(C3CCC(F)(F)CC3)cc2)cc1. The Kier molecular flexibility index (Phi) is 9.31. The van der Waals surface area contributed by atoms with Gasteiger partial charge in [-0.25, -0.2) is 8.78 Å². The molecule has 0 atom stereocenters. The summed E-state index contributed by atoms with van der Waals surface area (Å²) < 4.78 is 26.8. The van der Waals surface area contributed by atoms with Gasteiger partial charge in [-0.1, -0.05) is 106 Å². The Labute approximate surface area is 187 Å². The summed E-state index contributed by atoms with van der Waals surface area (Å²) in [5.74, 6) is -2.18. The largest absolute Gasteiger partial charge is 0.248 e. The number of hydrogen-bond acceptors (Lipinski definition) is 0. The minimum absolute atomic E-state index is 0.0212. The van der Waals surface area contributed by atoms with Gasteiger partial charge < -0.3 is 0 Å². The van der Waals surface area contributed by atoms with Crippen molar-refractivity contribution < 1.29 is 8.78 Å². The Morgan fingerprint density at radius 3 is 1.94 bits per heavy atom. The smallest absolute Gasteiger partial charge is 0.207 e. The molecule has 2 aromatic rings. The maximum atomic E-state index is 13.4. The summed E-state index contributed by atoms with van der Waals surface area (Å²) in [6.07, 6.45) is 16.4. The number of halogens is 2. The first-order valence-electron chi connectivity index (χ1n) is 12.3. The molecule has 1 aliphatic rings. The van der Waals surface area contributed by atoms with E-state index < -0.39 is 5.92 Å². The summed E-state index contributed by atoms with van der Waals surface area (Å²) >= 11 is 0. The Balaban J connectivity index is 1.43. The van der Waals surface area contributed by atoms with E-state index in [1.807, 2.05) is 0 Å². The van der Waals surface area contributed by atoms with Gasteiger partial charge >= 0.3 is 0 Å². The summed E-state index contributed by atoms with van der Waals surface area (Å²) in [6.45, 7) is 2.26. The fourth-order valence-electron chi connectivity index (χ4n) is 4.55. The van der Waals surface area contributed by atoms with E-state index in [4.69, 9.17) is 0 Å². The predicted octanol–water partition coefficient (Wildman–Crippen LogP) is 9.80. The number of unbranched alkanes of at least 4 members (excludes halogenated alkanes) is 7. The first-order chi connectivity index (χ1) is 15.1. The normalized spacial score (nSPS) is 16.7. The Morgan fingerprint density at radius 2 is 1.32 bits per heavy atom. The fraction of sp³-hybridized carbons (Fsp3) is 0.517. The number of allylic oxidation sites excluding steroid dienone is 1. The van der Waals surface area contributed by atoms with Crippen molar-refractivity contribution in [1.29, 1.82) is 0 Å². The zero-order valence-electron chi connectivity index (χ0n) is 19.1. The van der Waals surface area contributed by atoms with E-state index in [0.29, 0.717) is 12.8 Å². The summed E-state index contributed by atoms with van der Waals surface area (Å²) in [6, 6.07) is 17.2. The van der Waals surface area contributed by atoms with Gasteiger partial charge in [-0.3, -0.25) is 0 Å². The molecule has 31 heavy (non-hydrogen) atoms. The second-order valence-electron chi connectivity index (χ2n) is 9.19. The third-order valence-corrected chi connectivity index (χ3v) is 6.63. The number of rotatable bonds is 11. The van der Waals surface area contributed by atoms with Gasteiger partial charge in [0.1, 0.15) is 0 Å².